The van der Waals surface area contributed by atoms with Crippen LogP contribution in [-0.4, -0.2) is 124 Å². The zero-order chi connectivity index (χ0) is 36.9. The summed E-state index contributed by atoms with van der Waals surface area (Å²) in [5.41, 5.74) is 0. The van der Waals surface area contributed by atoms with Crippen LogP contribution >= 0.6 is 0 Å². The van der Waals surface area contributed by atoms with Gasteiger partial charge in [0.05, 0.1) is 39.6 Å². The smallest absolute Gasteiger partial charge is 0.326 e. The SMILES string of the molecule is O=C(O)CCCCCCCCCCCCCCC(=O)N[C@@H](CCC(=O)NCCOCCOCC(=O)NCCOCCOCC#CCO)C(=O)O. The molecule has 0 spiro atoms. The van der Waals surface area contributed by atoms with E-state index in [1.165, 1.54) is 19.3 Å². The molecule has 0 aliphatic rings. The van der Waals surface area contributed by atoms with E-state index in [0.717, 1.165) is 51.4 Å². The lowest BCUT2D eigenvalue weighted by molar-refractivity contribution is -0.142. The van der Waals surface area contributed by atoms with Crippen molar-refractivity contribution < 1.29 is 58.2 Å². The van der Waals surface area contributed by atoms with Gasteiger partial charge in [0, 0.05) is 32.4 Å². The Hall–Kier alpha value is -3.29. The first-order chi connectivity index (χ1) is 24.3. The van der Waals surface area contributed by atoms with Crippen LogP contribution in [0.15, 0.2) is 0 Å². The minimum atomic E-state index is -1.18. The number of carboxylic acid groups (broad SMARTS) is 2. The molecule has 6 N–H and O–H groups in total. The Bertz CT molecular complexity index is 970. The van der Waals surface area contributed by atoms with Crippen LogP contribution in [0.5, 0.6) is 0 Å². The van der Waals surface area contributed by atoms with Crippen LogP contribution in [0.3, 0.4) is 0 Å². The third kappa shape index (κ3) is 34.6. The molecule has 0 unspecified atom stereocenters. The maximum absolute atomic E-state index is 12.2. The highest BCUT2D eigenvalue weighted by Gasteiger charge is 2.20. The van der Waals surface area contributed by atoms with E-state index >= 15 is 0 Å². The Labute approximate surface area is 296 Å². The lowest BCUT2D eigenvalue weighted by Gasteiger charge is -2.14. The number of carbonyl (C=O) groups is 5. The van der Waals surface area contributed by atoms with Crippen LogP contribution in [0.4, 0.5) is 0 Å². The maximum atomic E-state index is 12.2. The van der Waals surface area contributed by atoms with Crippen molar-refractivity contribution in [2.45, 2.75) is 109 Å². The Morgan fingerprint density at radius 1 is 0.540 bits per heavy atom. The highest BCUT2D eigenvalue weighted by Crippen LogP contribution is 2.13. The van der Waals surface area contributed by atoms with Gasteiger partial charge in [0.15, 0.2) is 0 Å². The fourth-order valence-electron chi connectivity index (χ4n) is 4.63. The van der Waals surface area contributed by atoms with Crippen molar-refractivity contribution in [3.8, 4) is 11.8 Å². The van der Waals surface area contributed by atoms with Gasteiger partial charge < -0.3 is 50.2 Å². The largest absolute Gasteiger partial charge is 0.481 e. The number of rotatable bonds is 35. The van der Waals surface area contributed by atoms with Gasteiger partial charge >= 0.3 is 11.9 Å². The molecule has 0 aliphatic heterocycles. The van der Waals surface area contributed by atoms with Gasteiger partial charge in [0.25, 0.3) is 0 Å². The van der Waals surface area contributed by atoms with Gasteiger partial charge in [-0.3, -0.25) is 19.2 Å². The summed E-state index contributed by atoms with van der Waals surface area (Å²) < 4.78 is 21.1. The average molecular weight is 716 g/mol. The summed E-state index contributed by atoms with van der Waals surface area (Å²) >= 11 is 0. The summed E-state index contributed by atoms with van der Waals surface area (Å²) in [6, 6.07) is -1.13. The van der Waals surface area contributed by atoms with Crippen LogP contribution in [-0.2, 0) is 42.9 Å². The molecule has 3 amide bonds. The number of aliphatic hydroxyl groups excluding tert-OH is 1. The van der Waals surface area contributed by atoms with Crippen molar-refractivity contribution in [3.05, 3.63) is 0 Å². The molecule has 0 saturated heterocycles. The Kier molecular flexibility index (Phi) is 33.2. The highest BCUT2D eigenvalue weighted by molar-refractivity contribution is 5.84. The number of ether oxygens (including phenoxy) is 4. The third-order valence-electron chi connectivity index (χ3n) is 7.33. The number of unbranched alkanes of at least 4 members (excludes halogenated alkanes) is 11. The number of hydrogen-bond acceptors (Lipinski definition) is 10. The Balaban J connectivity index is 3.67. The van der Waals surface area contributed by atoms with Crippen LogP contribution in [0.1, 0.15) is 103 Å². The molecule has 1 atom stereocenters. The fourth-order valence-corrected chi connectivity index (χ4v) is 4.63. The van der Waals surface area contributed by atoms with Gasteiger partial charge in [-0.25, -0.2) is 4.79 Å². The third-order valence-corrected chi connectivity index (χ3v) is 7.33. The van der Waals surface area contributed by atoms with E-state index in [-0.39, 0.29) is 89.6 Å². The molecule has 15 heteroatoms. The summed E-state index contributed by atoms with van der Waals surface area (Å²) in [7, 11) is 0. The molecule has 0 aliphatic carbocycles. The second kappa shape index (κ2) is 35.5. The van der Waals surface area contributed by atoms with Gasteiger partial charge in [-0.05, 0) is 19.3 Å². The highest BCUT2D eigenvalue weighted by atomic mass is 16.5. The van der Waals surface area contributed by atoms with Crippen molar-refractivity contribution in [1.82, 2.24) is 16.0 Å². The van der Waals surface area contributed by atoms with Crippen LogP contribution < -0.4 is 16.0 Å². The van der Waals surface area contributed by atoms with Crippen LogP contribution in [0, 0.1) is 11.8 Å². The number of nitrogens with one attached hydrogen (secondary N) is 3. The van der Waals surface area contributed by atoms with Crippen molar-refractivity contribution in [1.29, 1.82) is 0 Å². The fraction of sp³-hybridized carbons (Fsp3) is 0.800. The molecule has 15 nitrogen and oxygen atoms in total. The predicted octanol–water partition coefficient (Wildman–Crippen LogP) is 2.18. The van der Waals surface area contributed by atoms with E-state index in [1.807, 2.05) is 0 Å². The van der Waals surface area contributed by atoms with Crippen molar-refractivity contribution in [3.63, 3.8) is 0 Å². The lowest BCUT2D eigenvalue weighted by atomic mass is 10.0. The Morgan fingerprint density at radius 3 is 1.58 bits per heavy atom. The van der Waals surface area contributed by atoms with E-state index in [0.29, 0.717) is 32.8 Å². The number of carboxylic acids is 2. The molecule has 0 saturated carbocycles. The summed E-state index contributed by atoms with van der Waals surface area (Å²) in [6.07, 6.45) is 12.8. The molecule has 0 radical (unpaired) electrons. The van der Waals surface area contributed by atoms with Crippen molar-refractivity contribution in [2.75, 3.05) is 72.6 Å². The first-order valence-electron chi connectivity index (χ1n) is 17.9. The molecule has 0 heterocycles. The zero-order valence-corrected chi connectivity index (χ0v) is 29.7. The topological polar surface area (TPSA) is 219 Å². The summed E-state index contributed by atoms with van der Waals surface area (Å²) in [4.78, 5) is 58.2. The second-order valence-corrected chi connectivity index (χ2v) is 11.7. The molecule has 0 aromatic carbocycles. The molecule has 288 valence electrons. The number of aliphatic hydroxyl groups is 1. The standard InChI is InChI=1S/C35H61N3O12/c39-21-13-14-22-47-25-26-48-24-20-37-33(42)29-50-28-27-49-23-19-36-31(40)18-17-30(35(45)46)38-32(41)15-11-9-7-5-3-1-2-4-6-8-10-12-16-34(43)44/h30,39H,1-12,15-29H2,(H,36,40)(H,37,42)(H,38,41)(H,43,44)(H,45,46)/t30-/m0/s1. The maximum Gasteiger partial charge on any atom is 0.326 e. The average Bonchev–Trinajstić information content (AvgIpc) is 3.08. The molecule has 0 bridgehead atoms. The van der Waals surface area contributed by atoms with Gasteiger partial charge in [-0.15, -0.1) is 0 Å². The predicted molar refractivity (Wildman–Crippen MR) is 185 cm³/mol. The zero-order valence-electron chi connectivity index (χ0n) is 29.7. The molecular formula is C35H61N3O12. The monoisotopic (exact) mass is 715 g/mol. The van der Waals surface area contributed by atoms with E-state index in [1.54, 1.807) is 0 Å². The van der Waals surface area contributed by atoms with E-state index in [9.17, 15) is 29.1 Å². The van der Waals surface area contributed by atoms with E-state index < -0.39 is 18.0 Å². The molecule has 0 fully saturated rings. The van der Waals surface area contributed by atoms with Crippen molar-refractivity contribution >= 4 is 29.7 Å². The number of aliphatic carboxylic acids is 2. The van der Waals surface area contributed by atoms with Crippen molar-refractivity contribution in [2.24, 2.45) is 0 Å². The van der Waals surface area contributed by atoms with Crippen LogP contribution in [0.25, 0.3) is 0 Å². The molecule has 0 rings (SSSR count). The van der Waals surface area contributed by atoms with Gasteiger partial charge in [0.1, 0.15) is 25.9 Å². The number of carbonyl (C=O) groups excluding carboxylic acids is 3. The van der Waals surface area contributed by atoms with Crippen LogP contribution in [0.2, 0.25) is 0 Å². The number of amides is 3. The van der Waals surface area contributed by atoms with E-state index in [2.05, 4.69) is 27.8 Å². The molecular weight excluding hydrogens is 654 g/mol. The minimum Gasteiger partial charge on any atom is -0.481 e. The number of hydrogen-bond donors (Lipinski definition) is 6. The van der Waals surface area contributed by atoms with Gasteiger partial charge in [-0.1, -0.05) is 76.0 Å². The minimum absolute atomic E-state index is 0.0195. The summed E-state index contributed by atoms with van der Waals surface area (Å²) in [5, 5.41) is 34.4. The summed E-state index contributed by atoms with van der Waals surface area (Å²) in [5.74, 6) is 2.21. The lowest BCUT2D eigenvalue weighted by Crippen LogP contribution is -2.41. The normalized spacial score (nSPS) is 11.3. The first kappa shape index (κ1) is 46.7. The van der Waals surface area contributed by atoms with Gasteiger partial charge in [0.2, 0.25) is 17.7 Å². The quantitative estimate of drug-likeness (QED) is 0.0411. The van der Waals surface area contributed by atoms with E-state index in [4.69, 9.17) is 29.2 Å². The Morgan fingerprint density at radius 2 is 1.04 bits per heavy atom. The summed E-state index contributed by atoms with van der Waals surface area (Å²) in [6.45, 7) is 2.11. The first-order valence-corrected chi connectivity index (χ1v) is 17.9. The molecule has 0 aromatic heterocycles. The molecule has 50 heavy (non-hydrogen) atoms. The van der Waals surface area contributed by atoms with Gasteiger partial charge in [-0.2, -0.15) is 0 Å². The molecule has 0 aromatic rings. The second-order valence-electron chi connectivity index (χ2n) is 11.7.